The van der Waals surface area contributed by atoms with Crippen molar-refractivity contribution in [2.24, 2.45) is 0 Å². The summed E-state index contributed by atoms with van der Waals surface area (Å²) in [7, 11) is 3.12. The molecule has 0 spiro atoms. The van der Waals surface area contributed by atoms with Crippen LogP contribution in [-0.4, -0.2) is 37.1 Å². The van der Waals surface area contributed by atoms with Gasteiger partial charge in [0.2, 0.25) is 11.8 Å². The zero-order chi connectivity index (χ0) is 24.9. The van der Waals surface area contributed by atoms with Crippen molar-refractivity contribution in [2.45, 2.75) is 16.6 Å². The van der Waals surface area contributed by atoms with E-state index in [1.165, 1.54) is 22.7 Å². The molecule has 2 N–H and O–H groups in total. The number of anilines is 2. The van der Waals surface area contributed by atoms with E-state index < -0.39 is 5.25 Å². The van der Waals surface area contributed by atoms with Crippen molar-refractivity contribution in [3.05, 3.63) is 83.9 Å². The molecule has 7 nitrogen and oxygen atoms in total. The Kier molecular flexibility index (Phi) is 7.22. The normalized spacial score (nSPS) is 15.6. The minimum atomic E-state index is -0.522. The monoisotopic (exact) mass is 488 g/mol. The van der Waals surface area contributed by atoms with Gasteiger partial charge in [0.05, 0.1) is 25.2 Å². The number of allylic oxidation sites excluding steroid dienone is 1. The van der Waals surface area contributed by atoms with E-state index in [9.17, 15) is 14.4 Å². The number of methoxy groups -OCH3 is 2. The Morgan fingerprint density at radius 3 is 2.49 bits per heavy atom. The second-order valence-corrected chi connectivity index (χ2v) is 9.08. The van der Waals surface area contributed by atoms with Crippen LogP contribution in [0.25, 0.3) is 6.08 Å². The Hall–Kier alpha value is -4.04. The molecule has 178 valence electrons. The molecule has 8 heteroatoms. The van der Waals surface area contributed by atoms with E-state index >= 15 is 0 Å². The summed E-state index contributed by atoms with van der Waals surface area (Å²) in [6.07, 6.45) is 3.20. The van der Waals surface area contributed by atoms with E-state index in [-0.39, 0.29) is 24.0 Å². The Balaban J connectivity index is 1.47. The van der Waals surface area contributed by atoms with Gasteiger partial charge in [-0.3, -0.25) is 14.4 Å². The molecule has 0 saturated carbocycles. The van der Waals surface area contributed by atoms with Gasteiger partial charge in [0, 0.05) is 28.1 Å². The minimum Gasteiger partial charge on any atom is -0.497 e. The Morgan fingerprint density at radius 2 is 1.80 bits per heavy atom. The molecule has 1 atom stereocenters. The van der Waals surface area contributed by atoms with Gasteiger partial charge in [-0.25, -0.2) is 4.90 Å². The molecule has 3 aromatic carbocycles. The third-order valence-electron chi connectivity index (χ3n) is 5.50. The van der Waals surface area contributed by atoms with Gasteiger partial charge < -0.3 is 15.2 Å². The largest absolute Gasteiger partial charge is 0.497 e. The lowest BCUT2D eigenvalue weighted by molar-refractivity contribution is -0.121. The zero-order valence-corrected chi connectivity index (χ0v) is 20.1. The third kappa shape index (κ3) is 5.38. The second kappa shape index (κ2) is 10.5. The van der Waals surface area contributed by atoms with E-state index in [1.54, 1.807) is 74.9 Å². The summed E-state index contributed by atoms with van der Waals surface area (Å²) in [5.74, 6) is 0.471. The first-order valence-electron chi connectivity index (χ1n) is 10.8. The number of nitrogens with zero attached hydrogens (tertiary/aromatic N) is 1. The number of ketones is 1. The van der Waals surface area contributed by atoms with Gasteiger partial charge in [0.1, 0.15) is 11.5 Å². The fourth-order valence-corrected chi connectivity index (χ4v) is 4.85. The van der Waals surface area contributed by atoms with Crippen molar-refractivity contribution in [2.75, 3.05) is 24.9 Å². The zero-order valence-electron chi connectivity index (χ0n) is 19.3. The third-order valence-corrected chi connectivity index (χ3v) is 6.68. The van der Waals surface area contributed by atoms with Crippen LogP contribution in [0.4, 0.5) is 11.4 Å². The highest BCUT2D eigenvalue weighted by atomic mass is 32.2. The van der Waals surface area contributed by atoms with Gasteiger partial charge in [-0.1, -0.05) is 6.07 Å². The fourth-order valence-electron chi connectivity index (χ4n) is 3.73. The lowest BCUT2D eigenvalue weighted by Gasteiger charge is -2.15. The van der Waals surface area contributed by atoms with E-state index in [4.69, 9.17) is 15.2 Å². The quantitative estimate of drug-likeness (QED) is 0.214. The maximum absolute atomic E-state index is 12.9. The van der Waals surface area contributed by atoms with Crippen LogP contribution in [0.3, 0.4) is 0 Å². The van der Waals surface area contributed by atoms with E-state index in [0.717, 1.165) is 4.90 Å². The molecule has 0 aromatic heterocycles. The van der Waals surface area contributed by atoms with Crippen LogP contribution in [0.2, 0.25) is 0 Å². The van der Waals surface area contributed by atoms with E-state index in [2.05, 4.69) is 0 Å². The van der Waals surface area contributed by atoms with Crippen molar-refractivity contribution >= 4 is 46.8 Å². The van der Waals surface area contributed by atoms with Crippen molar-refractivity contribution in [3.8, 4) is 11.5 Å². The van der Waals surface area contributed by atoms with Crippen LogP contribution in [0.15, 0.2) is 77.7 Å². The molecule has 1 unspecified atom stereocenters. The number of thioether (sulfide) groups is 1. The van der Waals surface area contributed by atoms with Crippen LogP contribution >= 0.6 is 11.8 Å². The SMILES string of the molecule is COc1ccc(OC)c(/C=C/C(=O)c2ccc(N3C(=O)CC(Sc4cccc(N)c4)C3=O)cc2)c1. The molecule has 0 aliphatic carbocycles. The molecule has 2 amide bonds. The topological polar surface area (TPSA) is 98.9 Å². The molecule has 1 heterocycles. The number of benzene rings is 3. The first-order chi connectivity index (χ1) is 16.9. The number of imide groups is 1. The Labute approximate surface area is 207 Å². The number of ether oxygens (including phenoxy) is 2. The number of carbonyl (C=O) groups is 3. The summed E-state index contributed by atoms with van der Waals surface area (Å²) in [5, 5.41) is -0.522. The lowest BCUT2D eigenvalue weighted by atomic mass is 10.1. The Morgan fingerprint density at radius 1 is 1.03 bits per heavy atom. The molecular formula is C27H24N2O5S. The number of hydrogen-bond acceptors (Lipinski definition) is 7. The van der Waals surface area contributed by atoms with E-state index in [0.29, 0.717) is 34.0 Å². The number of nitrogen functional groups attached to an aromatic ring is 1. The maximum atomic E-state index is 12.9. The Bertz CT molecular complexity index is 1300. The summed E-state index contributed by atoms with van der Waals surface area (Å²) in [4.78, 5) is 40.3. The van der Waals surface area contributed by atoms with Crippen LogP contribution in [-0.2, 0) is 9.59 Å². The van der Waals surface area contributed by atoms with Gasteiger partial charge in [-0.05, 0) is 72.8 Å². The maximum Gasteiger partial charge on any atom is 0.247 e. The molecule has 1 aliphatic rings. The van der Waals surface area contributed by atoms with Crippen LogP contribution in [0.5, 0.6) is 11.5 Å². The van der Waals surface area contributed by atoms with Gasteiger partial charge in [0.25, 0.3) is 0 Å². The summed E-state index contributed by atoms with van der Waals surface area (Å²) in [6.45, 7) is 0. The van der Waals surface area contributed by atoms with Crippen molar-refractivity contribution in [3.63, 3.8) is 0 Å². The van der Waals surface area contributed by atoms with E-state index in [1.807, 2.05) is 12.1 Å². The minimum absolute atomic E-state index is 0.101. The smallest absolute Gasteiger partial charge is 0.247 e. The van der Waals surface area contributed by atoms with Gasteiger partial charge in [0.15, 0.2) is 5.78 Å². The number of hydrogen-bond donors (Lipinski definition) is 1. The summed E-state index contributed by atoms with van der Waals surface area (Å²) in [5.41, 5.74) is 7.98. The van der Waals surface area contributed by atoms with Gasteiger partial charge in [-0.2, -0.15) is 0 Å². The summed E-state index contributed by atoms with van der Waals surface area (Å²) in [6, 6.07) is 18.9. The van der Waals surface area contributed by atoms with Crippen molar-refractivity contribution in [1.29, 1.82) is 0 Å². The fraction of sp³-hybridized carbons (Fsp3) is 0.148. The predicted octanol–water partition coefficient (Wildman–Crippen LogP) is 4.61. The summed E-state index contributed by atoms with van der Waals surface area (Å²) < 4.78 is 10.6. The number of nitrogens with two attached hydrogens (primary N) is 1. The highest BCUT2D eigenvalue weighted by Crippen LogP contribution is 2.34. The molecule has 4 rings (SSSR count). The van der Waals surface area contributed by atoms with Crippen LogP contribution < -0.4 is 20.1 Å². The molecule has 0 radical (unpaired) electrons. The second-order valence-electron chi connectivity index (χ2n) is 7.80. The molecule has 3 aromatic rings. The molecule has 1 aliphatic heterocycles. The molecule has 0 bridgehead atoms. The van der Waals surface area contributed by atoms with Crippen LogP contribution in [0.1, 0.15) is 22.3 Å². The molecule has 1 fully saturated rings. The number of carbonyl (C=O) groups excluding carboxylic acids is 3. The van der Waals surface area contributed by atoms with Crippen molar-refractivity contribution < 1.29 is 23.9 Å². The average Bonchev–Trinajstić information content (AvgIpc) is 3.14. The number of amides is 2. The highest BCUT2D eigenvalue weighted by molar-refractivity contribution is 8.00. The first kappa shape index (κ1) is 24.1. The van der Waals surface area contributed by atoms with Gasteiger partial charge in [-0.15, -0.1) is 11.8 Å². The lowest BCUT2D eigenvalue weighted by Crippen LogP contribution is -2.31. The highest BCUT2D eigenvalue weighted by Gasteiger charge is 2.40. The van der Waals surface area contributed by atoms with Gasteiger partial charge >= 0.3 is 0 Å². The standard InChI is InChI=1S/C27H24N2O5S/c1-33-21-11-13-24(34-2)18(14-21)8-12-23(30)17-6-9-20(10-7-17)29-26(31)16-25(27(29)32)35-22-5-3-4-19(28)15-22/h3-15,25H,16,28H2,1-2H3/b12-8+. The molecule has 35 heavy (non-hydrogen) atoms. The average molecular weight is 489 g/mol. The summed E-state index contributed by atoms with van der Waals surface area (Å²) >= 11 is 1.32. The first-order valence-corrected chi connectivity index (χ1v) is 11.7. The van der Waals surface area contributed by atoms with Crippen molar-refractivity contribution in [1.82, 2.24) is 0 Å². The predicted molar refractivity (Wildman–Crippen MR) is 137 cm³/mol. The molecular weight excluding hydrogens is 464 g/mol. The van der Waals surface area contributed by atoms with Crippen LogP contribution in [0, 0.1) is 0 Å². The molecule has 1 saturated heterocycles. The number of rotatable bonds is 8.